The number of likely N-dealkylation sites (N-methyl/N-ethyl adjacent to an activating group) is 1. The highest BCUT2D eigenvalue weighted by Crippen LogP contribution is 2.34. The first-order chi connectivity index (χ1) is 14.3. The number of hydrogen-bond acceptors (Lipinski definition) is 7. The van der Waals surface area contributed by atoms with Crippen molar-refractivity contribution in [2.75, 3.05) is 18.0 Å². The van der Waals surface area contributed by atoms with E-state index in [4.69, 9.17) is 11.6 Å². The van der Waals surface area contributed by atoms with Gasteiger partial charge in [0.15, 0.2) is 4.34 Å². The lowest BCUT2D eigenvalue weighted by atomic mass is 10.1. The van der Waals surface area contributed by atoms with Crippen LogP contribution in [0.25, 0.3) is 11.1 Å². The van der Waals surface area contributed by atoms with Crippen LogP contribution in [0.2, 0.25) is 5.02 Å². The van der Waals surface area contributed by atoms with E-state index in [-0.39, 0.29) is 12.4 Å². The van der Waals surface area contributed by atoms with Crippen LogP contribution < -0.4 is 4.90 Å². The van der Waals surface area contributed by atoms with Gasteiger partial charge in [-0.05, 0) is 38.5 Å². The van der Waals surface area contributed by atoms with Crippen LogP contribution in [-0.2, 0) is 11.2 Å². The van der Waals surface area contributed by atoms with E-state index in [0.717, 1.165) is 40.7 Å². The van der Waals surface area contributed by atoms with Crippen LogP contribution in [0, 0.1) is 0 Å². The van der Waals surface area contributed by atoms with Gasteiger partial charge in [0, 0.05) is 47.9 Å². The minimum Gasteiger partial charge on any atom is -0.480 e. The molecule has 0 aliphatic heterocycles. The summed E-state index contributed by atoms with van der Waals surface area (Å²) in [6, 6.07) is 7.59. The van der Waals surface area contributed by atoms with Crippen molar-refractivity contribution in [3.63, 3.8) is 0 Å². The number of aliphatic carboxylic acids is 1. The van der Waals surface area contributed by atoms with E-state index < -0.39 is 10.7 Å². The Hall–Kier alpha value is -1.87. The number of hydrogen-bond donors (Lipinski definition) is 1. The molecule has 0 bridgehead atoms. The summed E-state index contributed by atoms with van der Waals surface area (Å²) in [5.41, 5.74) is 2.90. The SMILES string of the molecule is CCN(CCc1csc(SC(C)(C)C(=O)O)n1)c1ncc(-c2ccc(Cl)cc2)cn1.Cl. The third kappa shape index (κ3) is 6.80. The summed E-state index contributed by atoms with van der Waals surface area (Å²) in [6.45, 7) is 6.94. The van der Waals surface area contributed by atoms with Crippen molar-refractivity contribution in [2.45, 2.75) is 36.3 Å². The van der Waals surface area contributed by atoms with E-state index >= 15 is 0 Å². The number of anilines is 1. The molecule has 0 radical (unpaired) electrons. The van der Waals surface area contributed by atoms with E-state index in [1.165, 1.54) is 23.1 Å². The predicted molar refractivity (Wildman–Crippen MR) is 131 cm³/mol. The van der Waals surface area contributed by atoms with Crippen LogP contribution in [0.5, 0.6) is 0 Å². The summed E-state index contributed by atoms with van der Waals surface area (Å²) in [5, 5.41) is 12.0. The second-order valence-corrected chi connectivity index (χ2v) is 10.3. The van der Waals surface area contributed by atoms with Gasteiger partial charge in [-0.3, -0.25) is 4.79 Å². The first kappa shape index (κ1) is 25.4. The summed E-state index contributed by atoms with van der Waals surface area (Å²) in [5.74, 6) is -0.173. The lowest BCUT2D eigenvalue weighted by Crippen LogP contribution is -2.27. The van der Waals surface area contributed by atoms with Crippen molar-refractivity contribution in [2.24, 2.45) is 0 Å². The second kappa shape index (κ2) is 11.1. The van der Waals surface area contributed by atoms with Crippen molar-refractivity contribution < 1.29 is 9.90 Å². The number of carboxylic acid groups (broad SMARTS) is 1. The maximum Gasteiger partial charge on any atom is 0.319 e. The van der Waals surface area contributed by atoms with E-state index in [2.05, 4.69) is 26.8 Å². The van der Waals surface area contributed by atoms with Gasteiger partial charge in [0.25, 0.3) is 0 Å². The molecule has 6 nitrogen and oxygen atoms in total. The number of nitrogens with zero attached hydrogens (tertiary/aromatic N) is 4. The molecule has 1 N–H and O–H groups in total. The molecule has 2 aromatic heterocycles. The molecule has 0 aliphatic carbocycles. The zero-order valence-corrected chi connectivity index (χ0v) is 20.6. The number of rotatable bonds is 9. The molecule has 1 aromatic carbocycles. The third-order valence-electron chi connectivity index (χ3n) is 4.51. The van der Waals surface area contributed by atoms with Gasteiger partial charge >= 0.3 is 5.97 Å². The number of thioether (sulfide) groups is 1. The van der Waals surface area contributed by atoms with Crippen molar-refractivity contribution in [1.29, 1.82) is 0 Å². The molecule has 0 unspecified atom stereocenters. The molecule has 0 spiro atoms. The fourth-order valence-corrected chi connectivity index (χ4v) is 4.99. The summed E-state index contributed by atoms with van der Waals surface area (Å²) < 4.78 is -0.131. The molecule has 31 heavy (non-hydrogen) atoms. The number of thiazole rings is 1. The van der Waals surface area contributed by atoms with Crippen molar-refractivity contribution in [1.82, 2.24) is 15.0 Å². The molecule has 0 fully saturated rings. The average molecular weight is 499 g/mol. The highest BCUT2D eigenvalue weighted by Gasteiger charge is 2.29. The zero-order valence-electron chi connectivity index (χ0n) is 17.4. The van der Waals surface area contributed by atoms with Crippen molar-refractivity contribution in [3.8, 4) is 11.1 Å². The van der Waals surface area contributed by atoms with Gasteiger partial charge in [-0.1, -0.05) is 35.5 Å². The minimum absolute atomic E-state index is 0. The Balaban J connectivity index is 0.00000341. The summed E-state index contributed by atoms with van der Waals surface area (Å²) in [6.07, 6.45) is 4.38. The highest BCUT2D eigenvalue weighted by molar-refractivity contribution is 8.02. The number of carboxylic acids is 1. The van der Waals surface area contributed by atoms with Gasteiger partial charge in [0.2, 0.25) is 5.95 Å². The maximum atomic E-state index is 11.3. The maximum absolute atomic E-state index is 11.3. The molecule has 0 atom stereocenters. The minimum atomic E-state index is -0.899. The quantitative estimate of drug-likeness (QED) is 0.379. The second-order valence-electron chi connectivity index (χ2n) is 7.13. The number of aromatic nitrogens is 3. The Kier molecular flexibility index (Phi) is 9.12. The van der Waals surface area contributed by atoms with Crippen LogP contribution in [0.3, 0.4) is 0 Å². The summed E-state index contributed by atoms with van der Waals surface area (Å²) in [4.78, 5) is 27.0. The van der Waals surface area contributed by atoms with Gasteiger partial charge in [0.05, 0.1) is 5.69 Å². The van der Waals surface area contributed by atoms with Crippen LogP contribution in [-0.4, -0.2) is 43.9 Å². The molecule has 0 aliphatic rings. The molecule has 2 heterocycles. The molecule has 10 heteroatoms. The van der Waals surface area contributed by atoms with E-state index in [1.54, 1.807) is 13.8 Å². The monoisotopic (exact) mass is 498 g/mol. The largest absolute Gasteiger partial charge is 0.480 e. The number of benzene rings is 1. The summed E-state index contributed by atoms with van der Waals surface area (Å²) in [7, 11) is 0. The molecule has 166 valence electrons. The molecule has 0 saturated carbocycles. The fourth-order valence-electron chi connectivity index (χ4n) is 2.64. The lowest BCUT2D eigenvalue weighted by molar-refractivity contribution is -0.138. The summed E-state index contributed by atoms with van der Waals surface area (Å²) >= 11 is 8.70. The van der Waals surface area contributed by atoms with Crippen LogP contribution in [0.4, 0.5) is 5.95 Å². The normalized spacial score (nSPS) is 11.1. The van der Waals surface area contributed by atoms with Crippen LogP contribution >= 0.6 is 47.1 Å². The standard InChI is InChI=1S/C21H23ClN4O2S2.ClH/c1-4-26(10-9-17-13-29-20(25-17)30-21(2,3)18(27)28)19-23-11-15(12-24-19)14-5-7-16(22)8-6-14;/h5-8,11-13H,4,9-10H2,1-3H3,(H,27,28);1H. The first-order valence-corrected chi connectivity index (χ1v) is 11.6. The van der Waals surface area contributed by atoms with Crippen molar-refractivity contribution in [3.05, 3.63) is 52.8 Å². The molecule has 3 aromatic rings. The van der Waals surface area contributed by atoms with Gasteiger partial charge < -0.3 is 10.0 Å². The van der Waals surface area contributed by atoms with Gasteiger partial charge in [0.1, 0.15) is 4.75 Å². The van der Waals surface area contributed by atoms with Crippen molar-refractivity contribution >= 4 is 59.0 Å². The molecule has 0 saturated heterocycles. The number of carbonyl (C=O) groups is 1. The Morgan fingerprint density at radius 1 is 1.19 bits per heavy atom. The van der Waals surface area contributed by atoms with E-state index in [0.29, 0.717) is 11.0 Å². The van der Waals surface area contributed by atoms with E-state index in [9.17, 15) is 9.90 Å². The Bertz CT molecular complexity index is 995. The van der Waals surface area contributed by atoms with Crippen LogP contribution in [0.15, 0.2) is 46.4 Å². The third-order valence-corrected chi connectivity index (χ3v) is 6.93. The fraction of sp³-hybridized carbons (Fsp3) is 0.333. The van der Waals surface area contributed by atoms with Crippen LogP contribution in [0.1, 0.15) is 26.5 Å². The highest BCUT2D eigenvalue weighted by atomic mass is 35.5. The first-order valence-electron chi connectivity index (χ1n) is 9.48. The topological polar surface area (TPSA) is 79.2 Å². The zero-order chi connectivity index (χ0) is 21.7. The van der Waals surface area contributed by atoms with Gasteiger partial charge in [-0.15, -0.1) is 23.7 Å². The molecular formula is C21H24Cl2N4O2S2. The molecule has 3 rings (SSSR count). The molecule has 0 amide bonds. The lowest BCUT2D eigenvalue weighted by Gasteiger charge is -2.20. The number of halogens is 2. The van der Waals surface area contributed by atoms with Gasteiger partial charge in [-0.2, -0.15) is 0 Å². The Morgan fingerprint density at radius 3 is 2.42 bits per heavy atom. The average Bonchev–Trinajstić information content (AvgIpc) is 3.16. The molecular weight excluding hydrogens is 475 g/mol. The predicted octanol–water partition coefficient (Wildman–Crippen LogP) is 5.70. The van der Waals surface area contributed by atoms with E-state index in [1.807, 2.05) is 42.0 Å². The Labute approximate surface area is 201 Å². The smallest absolute Gasteiger partial charge is 0.319 e. The Morgan fingerprint density at radius 2 is 1.84 bits per heavy atom. The van der Waals surface area contributed by atoms with Gasteiger partial charge in [-0.25, -0.2) is 15.0 Å².